The zero-order valence-electron chi connectivity index (χ0n) is 20.0. The average molecular weight is 493 g/mol. The molecule has 1 saturated heterocycles. The molecule has 0 saturated carbocycles. The summed E-state index contributed by atoms with van der Waals surface area (Å²) in [7, 11) is 0. The fourth-order valence-electron chi connectivity index (χ4n) is 4.28. The van der Waals surface area contributed by atoms with Crippen LogP contribution < -0.4 is 16.2 Å². The van der Waals surface area contributed by atoms with Gasteiger partial charge in [-0.1, -0.05) is 32.0 Å². The summed E-state index contributed by atoms with van der Waals surface area (Å²) in [6.07, 6.45) is 1.63. The number of likely N-dealkylation sites (tertiary alicyclic amines) is 1. The fourth-order valence-corrected chi connectivity index (χ4v) is 4.45. The molecule has 2 heterocycles. The highest BCUT2D eigenvalue weighted by Crippen LogP contribution is 2.25. The van der Waals surface area contributed by atoms with E-state index < -0.39 is 0 Å². The second kappa shape index (κ2) is 10.4. The Hall–Kier alpha value is -3.58. The average Bonchev–Trinajstić information content (AvgIpc) is 2.81. The van der Waals surface area contributed by atoms with Gasteiger partial charge in [-0.05, 0) is 59.9 Å². The molecule has 1 aromatic heterocycles. The van der Waals surface area contributed by atoms with E-state index in [4.69, 9.17) is 11.6 Å². The number of alkyl halides is 1. The number of hydrogen-bond acceptors (Lipinski definition) is 4. The molecule has 1 aliphatic rings. The minimum absolute atomic E-state index is 0.0128. The lowest BCUT2D eigenvalue weighted by Gasteiger charge is -2.39. The number of H-pyrrole nitrogens is 1. The molecule has 35 heavy (non-hydrogen) atoms. The van der Waals surface area contributed by atoms with Crippen LogP contribution in [0, 0.1) is 6.92 Å². The van der Waals surface area contributed by atoms with Gasteiger partial charge >= 0.3 is 0 Å². The summed E-state index contributed by atoms with van der Waals surface area (Å²) >= 11 is 5.59. The number of amides is 2. The Balaban J connectivity index is 1.48. The number of anilines is 2. The minimum Gasteiger partial charge on any atom is -0.374 e. The normalized spacial score (nSPS) is 13.5. The summed E-state index contributed by atoms with van der Waals surface area (Å²) in [5, 5.41) is 6.17. The van der Waals surface area contributed by atoms with Crippen LogP contribution >= 0.6 is 11.6 Å². The SMILES string of the molecule is Cc1cc(NC(=O)c2cccc(-c3c[nH]c(=O)c(NC4CN(C(=O)CCl)C4)c3)c2)ccc1C(C)C. The number of aromatic amines is 1. The standard InChI is InChI=1S/C27H29ClN4O3/c1-16(2)23-8-7-21(9-17(23)3)31-26(34)19-6-4-5-18(10-19)20-11-24(27(35)29-13-20)30-22-14-32(15-22)25(33)12-28/h4-11,13,16,22,30H,12,14-15H2,1-3H3,(H,29,35)(H,31,34). The summed E-state index contributed by atoms with van der Waals surface area (Å²) in [4.78, 5) is 41.3. The molecule has 1 fully saturated rings. The molecule has 3 N–H and O–H groups in total. The number of hydrogen-bond donors (Lipinski definition) is 3. The molecule has 8 heteroatoms. The van der Waals surface area contributed by atoms with E-state index in [0.29, 0.717) is 30.3 Å². The van der Waals surface area contributed by atoms with Crippen molar-refractivity contribution >= 4 is 34.8 Å². The molecule has 3 aromatic rings. The lowest BCUT2D eigenvalue weighted by atomic mass is 9.97. The number of benzene rings is 2. The molecule has 2 aromatic carbocycles. The highest BCUT2D eigenvalue weighted by atomic mass is 35.5. The molecule has 0 radical (unpaired) electrons. The Bertz CT molecular complexity index is 1310. The maximum atomic E-state index is 12.9. The van der Waals surface area contributed by atoms with E-state index in [9.17, 15) is 14.4 Å². The summed E-state index contributed by atoms with van der Waals surface area (Å²) in [6.45, 7) is 7.34. The summed E-state index contributed by atoms with van der Waals surface area (Å²) < 4.78 is 0. The van der Waals surface area contributed by atoms with E-state index in [1.165, 1.54) is 5.56 Å². The summed E-state index contributed by atoms with van der Waals surface area (Å²) in [5.74, 6) is 0.0538. The van der Waals surface area contributed by atoms with E-state index in [-0.39, 0.29) is 29.3 Å². The van der Waals surface area contributed by atoms with Crippen LogP contribution in [0.25, 0.3) is 11.1 Å². The van der Waals surface area contributed by atoms with Crippen LogP contribution in [0.15, 0.2) is 59.5 Å². The van der Waals surface area contributed by atoms with Gasteiger partial charge in [-0.3, -0.25) is 14.4 Å². The van der Waals surface area contributed by atoms with Crippen LogP contribution in [0.2, 0.25) is 0 Å². The molecule has 0 aliphatic carbocycles. The van der Waals surface area contributed by atoms with Crippen LogP contribution in [0.5, 0.6) is 0 Å². The van der Waals surface area contributed by atoms with E-state index >= 15 is 0 Å². The van der Waals surface area contributed by atoms with Gasteiger partial charge in [0.2, 0.25) is 5.91 Å². The molecule has 1 aliphatic heterocycles. The smallest absolute Gasteiger partial charge is 0.271 e. The number of aromatic nitrogens is 1. The number of rotatable bonds is 7. The van der Waals surface area contributed by atoms with Crippen molar-refractivity contribution in [3.8, 4) is 11.1 Å². The van der Waals surface area contributed by atoms with Crippen LogP contribution in [0.4, 0.5) is 11.4 Å². The molecule has 182 valence electrons. The van der Waals surface area contributed by atoms with Gasteiger partial charge in [0, 0.05) is 36.1 Å². The van der Waals surface area contributed by atoms with Gasteiger partial charge in [-0.2, -0.15) is 0 Å². The van der Waals surface area contributed by atoms with Crippen LogP contribution in [-0.2, 0) is 4.79 Å². The maximum absolute atomic E-state index is 12.9. The summed E-state index contributed by atoms with van der Waals surface area (Å²) in [5.41, 5.74) is 5.41. The monoisotopic (exact) mass is 492 g/mol. The molecule has 0 unspecified atom stereocenters. The lowest BCUT2D eigenvalue weighted by molar-refractivity contribution is -0.132. The highest BCUT2D eigenvalue weighted by Gasteiger charge is 2.30. The predicted molar refractivity (Wildman–Crippen MR) is 140 cm³/mol. The first-order valence-electron chi connectivity index (χ1n) is 11.6. The number of carbonyl (C=O) groups excluding carboxylic acids is 2. The van der Waals surface area contributed by atoms with Crippen molar-refractivity contribution in [1.82, 2.24) is 9.88 Å². The van der Waals surface area contributed by atoms with Crippen molar-refractivity contribution in [1.29, 1.82) is 0 Å². The van der Waals surface area contributed by atoms with Crippen molar-refractivity contribution in [2.24, 2.45) is 0 Å². The van der Waals surface area contributed by atoms with E-state index in [1.54, 1.807) is 29.3 Å². The first kappa shape index (κ1) is 24.5. The molecule has 4 rings (SSSR count). The van der Waals surface area contributed by atoms with Gasteiger partial charge in [0.25, 0.3) is 11.5 Å². The van der Waals surface area contributed by atoms with Crippen molar-refractivity contribution in [3.63, 3.8) is 0 Å². The zero-order valence-corrected chi connectivity index (χ0v) is 20.8. The Kier molecular flexibility index (Phi) is 7.26. The van der Waals surface area contributed by atoms with Crippen molar-refractivity contribution in [2.75, 3.05) is 29.6 Å². The Morgan fingerprint density at radius 3 is 2.57 bits per heavy atom. The van der Waals surface area contributed by atoms with Gasteiger partial charge in [-0.15, -0.1) is 11.6 Å². The predicted octanol–water partition coefficient (Wildman–Crippen LogP) is 4.59. The van der Waals surface area contributed by atoms with Gasteiger partial charge in [0.1, 0.15) is 11.6 Å². The number of carbonyl (C=O) groups is 2. The van der Waals surface area contributed by atoms with Crippen molar-refractivity contribution in [2.45, 2.75) is 32.7 Å². The first-order chi connectivity index (χ1) is 16.7. The second-order valence-corrected chi connectivity index (χ2v) is 9.43. The number of halogens is 1. The lowest BCUT2D eigenvalue weighted by Crippen LogP contribution is -2.57. The molecule has 0 bridgehead atoms. The Morgan fingerprint density at radius 1 is 1.11 bits per heavy atom. The highest BCUT2D eigenvalue weighted by molar-refractivity contribution is 6.27. The fraction of sp³-hybridized carbons (Fsp3) is 0.296. The third-order valence-corrected chi connectivity index (χ3v) is 6.45. The third kappa shape index (κ3) is 5.57. The molecule has 7 nitrogen and oxygen atoms in total. The second-order valence-electron chi connectivity index (χ2n) is 9.17. The number of aryl methyl sites for hydroxylation is 1. The van der Waals surface area contributed by atoms with E-state index in [1.807, 2.05) is 37.3 Å². The Morgan fingerprint density at radius 2 is 1.89 bits per heavy atom. The van der Waals surface area contributed by atoms with E-state index in [0.717, 1.165) is 22.4 Å². The van der Waals surface area contributed by atoms with Gasteiger partial charge in [-0.25, -0.2) is 0 Å². The maximum Gasteiger partial charge on any atom is 0.271 e. The van der Waals surface area contributed by atoms with Crippen molar-refractivity contribution in [3.05, 3.63) is 81.8 Å². The number of nitrogens with zero attached hydrogens (tertiary/aromatic N) is 1. The molecule has 0 atom stereocenters. The van der Waals surface area contributed by atoms with Crippen LogP contribution in [0.3, 0.4) is 0 Å². The van der Waals surface area contributed by atoms with Gasteiger partial charge in [0.05, 0.1) is 6.04 Å². The summed E-state index contributed by atoms with van der Waals surface area (Å²) in [6, 6.07) is 15.0. The first-order valence-corrected chi connectivity index (χ1v) is 12.1. The third-order valence-electron chi connectivity index (χ3n) is 6.22. The van der Waals surface area contributed by atoms with Gasteiger partial charge in [0.15, 0.2) is 0 Å². The van der Waals surface area contributed by atoms with Gasteiger partial charge < -0.3 is 20.5 Å². The zero-order chi connectivity index (χ0) is 25.1. The van der Waals surface area contributed by atoms with E-state index in [2.05, 4.69) is 29.5 Å². The largest absolute Gasteiger partial charge is 0.374 e. The minimum atomic E-state index is -0.245. The molecule has 2 amide bonds. The van der Waals surface area contributed by atoms with Crippen LogP contribution in [0.1, 0.15) is 41.3 Å². The molecular formula is C27H29ClN4O3. The van der Waals surface area contributed by atoms with Crippen LogP contribution in [-0.4, -0.2) is 46.7 Å². The Labute approximate surface area is 209 Å². The number of pyridine rings is 1. The topological polar surface area (TPSA) is 94.3 Å². The molecular weight excluding hydrogens is 464 g/mol. The van der Waals surface area contributed by atoms with Crippen molar-refractivity contribution < 1.29 is 9.59 Å². The number of nitrogens with one attached hydrogen (secondary N) is 3. The molecule has 0 spiro atoms. The quantitative estimate of drug-likeness (QED) is 0.420.